The number of hydrogen-bond donors (Lipinski definition) is 1. The zero-order valence-electron chi connectivity index (χ0n) is 19.5. The molecule has 0 aliphatic carbocycles. The SMILES string of the molecule is CC[SiH](C)O[Si](C)(CCCOC)O[Si](C)(C)O[Si](C)(C)C.C[Si](C)(C)O. The van der Waals surface area contributed by atoms with Crippen LogP contribution in [-0.4, -0.2) is 61.3 Å². The molecule has 26 heavy (non-hydrogen) atoms. The topological polar surface area (TPSA) is 57.2 Å². The predicted octanol–water partition coefficient (Wildman–Crippen LogP) is 4.87. The van der Waals surface area contributed by atoms with Crippen LogP contribution in [0.25, 0.3) is 0 Å². The van der Waals surface area contributed by atoms with Crippen molar-refractivity contribution in [3.05, 3.63) is 0 Å². The van der Waals surface area contributed by atoms with Gasteiger partial charge < -0.3 is 21.9 Å². The quantitative estimate of drug-likeness (QED) is 0.353. The van der Waals surface area contributed by atoms with Crippen LogP contribution in [0.2, 0.25) is 77.6 Å². The molecule has 0 aromatic rings. The van der Waals surface area contributed by atoms with Gasteiger partial charge in [-0.1, -0.05) is 6.92 Å². The van der Waals surface area contributed by atoms with E-state index in [2.05, 4.69) is 52.8 Å². The van der Waals surface area contributed by atoms with Gasteiger partial charge in [-0.25, -0.2) is 0 Å². The third-order valence-corrected chi connectivity index (χ3v) is 17.1. The minimum atomic E-state index is -2.17. The molecule has 2 unspecified atom stereocenters. The van der Waals surface area contributed by atoms with E-state index in [0.29, 0.717) is 0 Å². The molecule has 5 nitrogen and oxygen atoms in total. The first kappa shape index (κ1) is 29.1. The molecule has 0 aromatic heterocycles. The van der Waals surface area contributed by atoms with Gasteiger partial charge in [0.05, 0.1) is 0 Å². The molecule has 0 aromatic carbocycles. The summed E-state index contributed by atoms with van der Waals surface area (Å²) in [4.78, 5) is 8.66. The van der Waals surface area contributed by atoms with Crippen molar-refractivity contribution < 1.29 is 21.9 Å². The van der Waals surface area contributed by atoms with Crippen molar-refractivity contribution in [3.63, 3.8) is 0 Å². The van der Waals surface area contributed by atoms with Gasteiger partial charge in [-0.05, 0) is 84.0 Å². The van der Waals surface area contributed by atoms with Crippen LogP contribution in [0.3, 0.4) is 0 Å². The lowest BCUT2D eigenvalue weighted by Crippen LogP contribution is -2.55. The van der Waals surface area contributed by atoms with Crippen LogP contribution in [-0.2, 0) is 17.1 Å². The van der Waals surface area contributed by atoms with Gasteiger partial charge in [-0.3, -0.25) is 0 Å². The summed E-state index contributed by atoms with van der Waals surface area (Å²) in [6.45, 7) is 24.1. The van der Waals surface area contributed by atoms with Crippen LogP contribution >= 0.6 is 0 Å². The molecule has 0 radical (unpaired) electrons. The highest BCUT2D eigenvalue weighted by Crippen LogP contribution is 2.25. The van der Waals surface area contributed by atoms with Crippen molar-refractivity contribution in [1.82, 2.24) is 0 Å². The molecule has 0 saturated heterocycles. The maximum atomic E-state index is 8.66. The van der Waals surface area contributed by atoms with E-state index in [0.717, 1.165) is 25.1 Å². The molecule has 0 bridgehead atoms. The van der Waals surface area contributed by atoms with E-state index in [4.69, 9.17) is 21.9 Å². The van der Waals surface area contributed by atoms with E-state index in [-0.39, 0.29) is 0 Å². The van der Waals surface area contributed by atoms with Crippen LogP contribution in [0.4, 0.5) is 0 Å². The zero-order valence-corrected chi connectivity index (χ0v) is 24.6. The van der Waals surface area contributed by atoms with Crippen LogP contribution in [0.1, 0.15) is 13.3 Å². The van der Waals surface area contributed by atoms with Crippen molar-refractivity contribution >= 4 is 42.8 Å². The molecule has 0 rings (SSSR count). The van der Waals surface area contributed by atoms with Gasteiger partial charge in [0.2, 0.25) is 0 Å². The van der Waals surface area contributed by atoms with Gasteiger partial charge in [0.15, 0.2) is 25.7 Å². The van der Waals surface area contributed by atoms with Gasteiger partial charge in [0, 0.05) is 13.7 Å². The largest absolute Gasteiger partial charge is 0.439 e. The highest BCUT2D eigenvalue weighted by atomic mass is 28.5. The molecule has 0 fully saturated rings. The summed E-state index contributed by atoms with van der Waals surface area (Å²) >= 11 is 0. The van der Waals surface area contributed by atoms with Gasteiger partial charge in [0.1, 0.15) is 0 Å². The first-order chi connectivity index (χ1) is 11.4. The van der Waals surface area contributed by atoms with Gasteiger partial charge in [0.25, 0.3) is 0 Å². The number of rotatable bonds is 11. The highest BCUT2D eigenvalue weighted by molar-refractivity contribution is 6.87. The summed E-state index contributed by atoms with van der Waals surface area (Å²) in [6.07, 6.45) is 1.00. The average molecular weight is 459 g/mol. The molecular formula is C16H46O5Si5. The van der Waals surface area contributed by atoms with Crippen molar-refractivity contribution in [2.45, 2.75) is 90.9 Å². The predicted molar refractivity (Wildman–Crippen MR) is 126 cm³/mol. The van der Waals surface area contributed by atoms with Crippen molar-refractivity contribution in [3.8, 4) is 0 Å². The van der Waals surface area contributed by atoms with Crippen molar-refractivity contribution in [2.24, 2.45) is 0 Å². The number of hydrogen-bond acceptors (Lipinski definition) is 5. The summed E-state index contributed by atoms with van der Waals surface area (Å²) in [7, 11) is -6.88. The maximum Gasteiger partial charge on any atom is 0.315 e. The fourth-order valence-corrected chi connectivity index (χ4v) is 19.4. The second-order valence-electron chi connectivity index (χ2n) is 9.45. The fourth-order valence-electron chi connectivity index (χ4n) is 2.46. The average Bonchev–Trinajstić information content (AvgIpc) is 2.32. The highest BCUT2D eigenvalue weighted by Gasteiger charge is 2.42. The minimum absolute atomic E-state index is 0.772. The van der Waals surface area contributed by atoms with Crippen LogP contribution in [0.5, 0.6) is 0 Å². The van der Waals surface area contributed by atoms with Crippen LogP contribution in [0, 0.1) is 0 Å². The van der Waals surface area contributed by atoms with E-state index in [1.165, 1.54) is 0 Å². The third kappa shape index (κ3) is 21.2. The lowest BCUT2D eigenvalue weighted by atomic mass is 10.5. The number of ether oxygens (including phenoxy) is 1. The van der Waals surface area contributed by atoms with Crippen molar-refractivity contribution in [1.29, 1.82) is 0 Å². The molecule has 0 heterocycles. The Morgan fingerprint density at radius 2 is 1.35 bits per heavy atom. The smallest absolute Gasteiger partial charge is 0.315 e. The Balaban J connectivity index is 0. The molecule has 2 atom stereocenters. The first-order valence-corrected chi connectivity index (χ1v) is 24.4. The van der Waals surface area contributed by atoms with Gasteiger partial charge >= 0.3 is 17.1 Å². The monoisotopic (exact) mass is 458 g/mol. The Bertz CT molecular complexity index is 365. The van der Waals surface area contributed by atoms with E-state index < -0.39 is 42.8 Å². The van der Waals surface area contributed by atoms with Crippen LogP contribution < -0.4 is 0 Å². The third-order valence-electron chi connectivity index (χ3n) is 3.02. The Labute approximate surface area is 169 Å². The molecule has 1 N–H and O–H groups in total. The molecule has 0 aliphatic rings. The molecule has 0 amide bonds. The van der Waals surface area contributed by atoms with E-state index in [9.17, 15) is 0 Å². The Kier molecular flexibility index (Phi) is 13.9. The number of methoxy groups -OCH3 is 1. The molecule has 0 spiro atoms. The Morgan fingerprint density at radius 1 is 0.885 bits per heavy atom. The van der Waals surface area contributed by atoms with Gasteiger partial charge in [-0.15, -0.1) is 0 Å². The molecule has 160 valence electrons. The summed E-state index contributed by atoms with van der Waals surface area (Å²) in [5, 5.41) is 0. The normalized spacial score (nSPS) is 16.5. The molecule has 0 saturated carbocycles. The lowest BCUT2D eigenvalue weighted by molar-refractivity contribution is 0.195. The fraction of sp³-hybridized carbons (Fsp3) is 1.00. The van der Waals surface area contributed by atoms with E-state index in [1.807, 2.05) is 19.6 Å². The van der Waals surface area contributed by atoms with Gasteiger partial charge in [-0.2, -0.15) is 0 Å². The molecular weight excluding hydrogens is 413 g/mol. The van der Waals surface area contributed by atoms with Crippen LogP contribution in [0.15, 0.2) is 0 Å². The summed E-state index contributed by atoms with van der Waals surface area (Å²) in [6, 6.07) is 2.14. The standard InChI is InChI=1S/C13H36O4Si4.C3H10OSi/c1-10-18(3)15-21(9,13-11-12-14-2)17-20(7,8)16-19(4,5)6;1-5(2,3)4/h18H,10-13H2,1-9H3;4H,1-3H3. The summed E-state index contributed by atoms with van der Waals surface area (Å²) < 4.78 is 24.5. The van der Waals surface area contributed by atoms with Crippen molar-refractivity contribution in [2.75, 3.05) is 13.7 Å². The Morgan fingerprint density at radius 3 is 1.69 bits per heavy atom. The minimum Gasteiger partial charge on any atom is -0.439 e. The first-order valence-electron chi connectivity index (χ1n) is 9.72. The maximum absolute atomic E-state index is 8.66. The second-order valence-corrected chi connectivity index (χ2v) is 28.6. The molecule has 0 aliphatic heterocycles. The lowest BCUT2D eigenvalue weighted by Gasteiger charge is -2.39. The second kappa shape index (κ2) is 12.4. The van der Waals surface area contributed by atoms with E-state index in [1.54, 1.807) is 7.11 Å². The zero-order chi connectivity index (χ0) is 21.2. The summed E-state index contributed by atoms with van der Waals surface area (Å²) in [5.74, 6) is 0. The Hall–Kier alpha value is 0.884. The molecule has 10 heteroatoms. The van der Waals surface area contributed by atoms with E-state index >= 15 is 0 Å². The summed E-state index contributed by atoms with van der Waals surface area (Å²) in [5.41, 5.74) is 0.